The van der Waals surface area contributed by atoms with Gasteiger partial charge in [0.25, 0.3) is 0 Å². The highest BCUT2D eigenvalue weighted by atomic mass is 16.5. The van der Waals surface area contributed by atoms with Gasteiger partial charge in [-0.15, -0.1) is 0 Å². The van der Waals surface area contributed by atoms with Crippen LogP contribution < -0.4 is 4.74 Å². The van der Waals surface area contributed by atoms with E-state index in [1.165, 1.54) is 44.1 Å². The van der Waals surface area contributed by atoms with Crippen molar-refractivity contribution in [2.24, 2.45) is 0 Å². The Kier molecular flexibility index (Phi) is 5.15. The van der Waals surface area contributed by atoms with E-state index in [0.29, 0.717) is 18.8 Å². The Labute approximate surface area is 127 Å². The number of rotatable bonds is 6. The Bertz CT molecular complexity index is 443. The van der Waals surface area contributed by atoms with Crippen LogP contribution in [0.5, 0.6) is 5.75 Å². The summed E-state index contributed by atoms with van der Waals surface area (Å²) in [6, 6.07) is 9.13. The third-order valence-corrected chi connectivity index (χ3v) is 4.85. The van der Waals surface area contributed by atoms with E-state index in [1.807, 2.05) is 0 Å². The van der Waals surface area contributed by atoms with Gasteiger partial charge >= 0.3 is 0 Å². The molecule has 1 unspecified atom stereocenters. The highest BCUT2D eigenvalue weighted by molar-refractivity contribution is 5.29. The van der Waals surface area contributed by atoms with Crippen LogP contribution in [-0.4, -0.2) is 35.3 Å². The quantitative estimate of drug-likeness (QED) is 0.871. The number of nitrogens with zero attached hydrogens (tertiary/aromatic N) is 1. The van der Waals surface area contributed by atoms with Crippen LogP contribution in [0.2, 0.25) is 0 Å². The first-order valence-electron chi connectivity index (χ1n) is 8.45. The van der Waals surface area contributed by atoms with E-state index >= 15 is 0 Å². The zero-order valence-corrected chi connectivity index (χ0v) is 12.8. The number of aliphatic hydroxyl groups excluding tert-OH is 1. The molecule has 2 aliphatic rings. The van der Waals surface area contributed by atoms with Crippen molar-refractivity contribution in [2.45, 2.75) is 63.6 Å². The molecule has 1 aromatic carbocycles. The zero-order chi connectivity index (χ0) is 14.5. The average molecular weight is 289 g/mol. The molecule has 1 saturated carbocycles. The SMILES string of the molecule is OCCC1CCCN1Cc1cccc(OC2CCCC2)c1. The van der Waals surface area contributed by atoms with Gasteiger partial charge in [0.2, 0.25) is 0 Å². The molecule has 116 valence electrons. The first-order valence-corrected chi connectivity index (χ1v) is 8.45. The maximum atomic E-state index is 9.17. The van der Waals surface area contributed by atoms with Gasteiger partial charge < -0.3 is 9.84 Å². The Morgan fingerprint density at radius 1 is 1.14 bits per heavy atom. The minimum atomic E-state index is 0.298. The van der Waals surface area contributed by atoms with Crippen LogP contribution in [0.15, 0.2) is 24.3 Å². The van der Waals surface area contributed by atoms with Crippen molar-refractivity contribution in [1.29, 1.82) is 0 Å². The topological polar surface area (TPSA) is 32.7 Å². The third kappa shape index (κ3) is 3.98. The second-order valence-electron chi connectivity index (χ2n) is 6.45. The highest BCUT2D eigenvalue weighted by Gasteiger charge is 2.24. The zero-order valence-electron chi connectivity index (χ0n) is 12.8. The van der Waals surface area contributed by atoms with Gasteiger partial charge in [0, 0.05) is 19.2 Å². The molecular formula is C18H27NO2. The predicted octanol–water partition coefficient (Wildman–Crippen LogP) is 3.35. The molecule has 21 heavy (non-hydrogen) atoms. The monoisotopic (exact) mass is 289 g/mol. The molecule has 0 radical (unpaired) electrons. The van der Waals surface area contributed by atoms with E-state index in [2.05, 4.69) is 29.2 Å². The van der Waals surface area contributed by atoms with Gasteiger partial charge in [0.1, 0.15) is 5.75 Å². The van der Waals surface area contributed by atoms with E-state index in [9.17, 15) is 0 Å². The molecule has 3 rings (SSSR count). The van der Waals surface area contributed by atoms with Gasteiger partial charge in [-0.3, -0.25) is 4.90 Å². The second kappa shape index (κ2) is 7.28. The number of hydrogen-bond donors (Lipinski definition) is 1. The van der Waals surface area contributed by atoms with Crippen LogP contribution in [0.4, 0.5) is 0 Å². The summed E-state index contributed by atoms with van der Waals surface area (Å²) < 4.78 is 6.10. The van der Waals surface area contributed by atoms with E-state index in [4.69, 9.17) is 9.84 Å². The van der Waals surface area contributed by atoms with Crippen LogP contribution in [0.25, 0.3) is 0 Å². The van der Waals surface area contributed by atoms with E-state index in [0.717, 1.165) is 25.3 Å². The fraction of sp³-hybridized carbons (Fsp3) is 0.667. The molecule has 3 nitrogen and oxygen atoms in total. The van der Waals surface area contributed by atoms with Crippen molar-refractivity contribution in [2.75, 3.05) is 13.2 Å². The molecule has 1 saturated heterocycles. The smallest absolute Gasteiger partial charge is 0.120 e. The van der Waals surface area contributed by atoms with Crippen LogP contribution in [0.1, 0.15) is 50.5 Å². The normalized spacial score (nSPS) is 23.8. The number of benzene rings is 1. The summed E-state index contributed by atoms with van der Waals surface area (Å²) in [6.45, 7) is 2.43. The lowest BCUT2D eigenvalue weighted by atomic mass is 10.1. The van der Waals surface area contributed by atoms with Crippen molar-refractivity contribution in [3.63, 3.8) is 0 Å². The van der Waals surface area contributed by atoms with Crippen molar-refractivity contribution in [3.8, 4) is 5.75 Å². The molecule has 1 atom stereocenters. The van der Waals surface area contributed by atoms with Gasteiger partial charge in [-0.2, -0.15) is 0 Å². The fourth-order valence-corrected chi connectivity index (χ4v) is 3.73. The van der Waals surface area contributed by atoms with Crippen molar-refractivity contribution < 1.29 is 9.84 Å². The maximum Gasteiger partial charge on any atom is 0.120 e. The summed E-state index contributed by atoms with van der Waals surface area (Å²) >= 11 is 0. The van der Waals surface area contributed by atoms with Crippen molar-refractivity contribution in [3.05, 3.63) is 29.8 Å². The number of hydrogen-bond acceptors (Lipinski definition) is 3. The van der Waals surface area contributed by atoms with Gasteiger partial charge in [0.05, 0.1) is 6.10 Å². The summed E-state index contributed by atoms with van der Waals surface area (Å²) in [4.78, 5) is 2.50. The van der Waals surface area contributed by atoms with E-state index in [-0.39, 0.29) is 0 Å². The van der Waals surface area contributed by atoms with Crippen molar-refractivity contribution in [1.82, 2.24) is 4.90 Å². The molecule has 2 fully saturated rings. The molecule has 1 aliphatic carbocycles. The molecule has 0 amide bonds. The largest absolute Gasteiger partial charge is 0.490 e. The molecule has 0 spiro atoms. The van der Waals surface area contributed by atoms with Crippen molar-refractivity contribution >= 4 is 0 Å². The molecular weight excluding hydrogens is 262 g/mol. The van der Waals surface area contributed by atoms with Crippen LogP contribution >= 0.6 is 0 Å². The second-order valence-corrected chi connectivity index (χ2v) is 6.45. The first kappa shape index (κ1) is 14.9. The molecule has 3 heteroatoms. The Morgan fingerprint density at radius 2 is 2.00 bits per heavy atom. The lowest BCUT2D eigenvalue weighted by molar-refractivity contribution is 0.188. The van der Waals surface area contributed by atoms with Gasteiger partial charge in [-0.1, -0.05) is 12.1 Å². The van der Waals surface area contributed by atoms with Gasteiger partial charge in [-0.05, 0) is 69.2 Å². The van der Waals surface area contributed by atoms with Crippen LogP contribution in [0, 0.1) is 0 Å². The molecule has 0 bridgehead atoms. The van der Waals surface area contributed by atoms with Crippen LogP contribution in [0.3, 0.4) is 0 Å². The maximum absolute atomic E-state index is 9.17. The third-order valence-electron chi connectivity index (χ3n) is 4.85. The molecule has 1 aromatic rings. The molecule has 1 heterocycles. The summed E-state index contributed by atoms with van der Waals surface area (Å²) in [6.07, 6.45) is 8.82. The van der Waals surface area contributed by atoms with E-state index in [1.54, 1.807) is 0 Å². The number of ether oxygens (including phenoxy) is 1. The lowest BCUT2D eigenvalue weighted by Crippen LogP contribution is -2.29. The lowest BCUT2D eigenvalue weighted by Gasteiger charge is -2.24. The number of likely N-dealkylation sites (tertiary alicyclic amines) is 1. The van der Waals surface area contributed by atoms with E-state index < -0.39 is 0 Å². The number of aliphatic hydroxyl groups is 1. The highest BCUT2D eigenvalue weighted by Crippen LogP contribution is 2.26. The Morgan fingerprint density at radius 3 is 2.81 bits per heavy atom. The minimum absolute atomic E-state index is 0.298. The predicted molar refractivity (Wildman–Crippen MR) is 84.5 cm³/mol. The van der Waals surface area contributed by atoms with Gasteiger partial charge in [0.15, 0.2) is 0 Å². The fourth-order valence-electron chi connectivity index (χ4n) is 3.73. The van der Waals surface area contributed by atoms with Gasteiger partial charge in [-0.25, -0.2) is 0 Å². The Hall–Kier alpha value is -1.06. The standard InChI is InChI=1S/C18H27NO2/c20-12-10-16-6-4-11-19(16)14-15-5-3-9-18(13-15)21-17-7-1-2-8-17/h3,5,9,13,16-17,20H,1-2,4,6-8,10-12,14H2. The molecule has 1 N–H and O–H groups in total. The average Bonchev–Trinajstić information content (AvgIpc) is 3.13. The van der Waals surface area contributed by atoms with Crippen LogP contribution in [-0.2, 0) is 6.54 Å². The Balaban J connectivity index is 1.59. The summed E-state index contributed by atoms with van der Waals surface area (Å²) in [5.41, 5.74) is 1.33. The summed E-state index contributed by atoms with van der Waals surface area (Å²) in [5.74, 6) is 1.03. The molecule has 1 aliphatic heterocycles. The summed E-state index contributed by atoms with van der Waals surface area (Å²) in [5, 5.41) is 9.17. The first-order chi connectivity index (χ1) is 10.3. The summed E-state index contributed by atoms with van der Waals surface area (Å²) in [7, 11) is 0. The minimum Gasteiger partial charge on any atom is -0.490 e. The molecule has 0 aromatic heterocycles.